The fraction of sp³-hybridized carbons (Fsp3) is 0.231. The van der Waals surface area contributed by atoms with Crippen molar-refractivity contribution in [3.05, 3.63) is 35.4 Å². The van der Waals surface area contributed by atoms with E-state index in [9.17, 15) is 0 Å². The van der Waals surface area contributed by atoms with Gasteiger partial charge in [-0.3, -0.25) is 5.41 Å². The molecule has 0 aliphatic carbocycles. The Bertz CT molecular complexity index is 575. The van der Waals surface area contributed by atoms with E-state index in [-0.39, 0.29) is 5.96 Å². The molecule has 4 heteroatoms. The highest BCUT2D eigenvalue weighted by Gasteiger charge is 2.04. The summed E-state index contributed by atoms with van der Waals surface area (Å²) in [7, 11) is 0. The van der Waals surface area contributed by atoms with Crippen molar-refractivity contribution < 1.29 is 0 Å². The molecule has 88 valence electrons. The summed E-state index contributed by atoms with van der Waals surface area (Å²) < 4.78 is 0. The number of guanidine groups is 1. The number of nitrogens with two attached hydrogens (primary N) is 1. The van der Waals surface area contributed by atoms with E-state index in [1.807, 2.05) is 13.0 Å². The fourth-order valence-corrected chi connectivity index (χ4v) is 1.81. The van der Waals surface area contributed by atoms with Crippen LogP contribution in [0.5, 0.6) is 0 Å². The Kier molecular flexibility index (Phi) is 2.95. The molecule has 0 bridgehead atoms. The molecule has 0 unspecified atom stereocenters. The van der Waals surface area contributed by atoms with Crippen LogP contribution in [-0.2, 0) is 6.42 Å². The van der Waals surface area contributed by atoms with Crippen molar-refractivity contribution in [2.24, 2.45) is 5.73 Å². The van der Waals surface area contributed by atoms with Crippen molar-refractivity contribution in [3.8, 4) is 0 Å². The maximum absolute atomic E-state index is 7.23. The number of benzene rings is 1. The average Bonchev–Trinajstić information content (AvgIpc) is 2.29. The third-order valence-electron chi connectivity index (χ3n) is 2.73. The molecular formula is C13H16N4. The largest absolute Gasteiger partial charge is 0.370 e. The molecule has 0 aliphatic heterocycles. The second kappa shape index (κ2) is 4.41. The molecule has 0 radical (unpaired) electrons. The SMILES string of the molecule is CCc1ccc2nc(NC(=N)N)c(C)cc2c1. The lowest BCUT2D eigenvalue weighted by atomic mass is 10.1. The van der Waals surface area contributed by atoms with Gasteiger partial charge >= 0.3 is 0 Å². The fourth-order valence-electron chi connectivity index (χ4n) is 1.81. The normalized spacial score (nSPS) is 10.5. The number of aromatic nitrogens is 1. The Morgan fingerprint density at radius 3 is 2.82 bits per heavy atom. The summed E-state index contributed by atoms with van der Waals surface area (Å²) in [6.07, 6.45) is 1.02. The first-order valence-corrected chi connectivity index (χ1v) is 5.61. The van der Waals surface area contributed by atoms with Crippen molar-refractivity contribution in [1.82, 2.24) is 4.98 Å². The molecule has 1 aromatic heterocycles. The second-order valence-electron chi connectivity index (χ2n) is 4.07. The molecule has 2 aromatic rings. The Balaban J connectivity index is 2.54. The lowest BCUT2D eigenvalue weighted by Gasteiger charge is -2.09. The van der Waals surface area contributed by atoms with E-state index < -0.39 is 0 Å². The molecule has 0 saturated carbocycles. The standard InChI is InChI=1S/C13H16N4/c1-3-9-4-5-11-10(7-9)6-8(2)12(16-11)17-13(14)15/h4-7H,3H2,1-2H3,(H4,14,15,16,17). The van der Waals surface area contributed by atoms with E-state index in [2.05, 4.69) is 35.4 Å². The zero-order chi connectivity index (χ0) is 12.4. The van der Waals surface area contributed by atoms with E-state index >= 15 is 0 Å². The monoisotopic (exact) mass is 228 g/mol. The van der Waals surface area contributed by atoms with Gasteiger partial charge in [-0.2, -0.15) is 0 Å². The van der Waals surface area contributed by atoms with Crippen LogP contribution >= 0.6 is 0 Å². The van der Waals surface area contributed by atoms with E-state index in [0.29, 0.717) is 5.82 Å². The van der Waals surface area contributed by atoms with E-state index in [0.717, 1.165) is 22.9 Å². The van der Waals surface area contributed by atoms with Crippen LogP contribution in [0.3, 0.4) is 0 Å². The Morgan fingerprint density at radius 2 is 2.18 bits per heavy atom. The zero-order valence-electron chi connectivity index (χ0n) is 10.0. The Morgan fingerprint density at radius 1 is 1.41 bits per heavy atom. The average molecular weight is 228 g/mol. The predicted molar refractivity (Wildman–Crippen MR) is 71.4 cm³/mol. The highest BCUT2D eigenvalue weighted by atomic mass is 15.1. The van der Waals surface area contributed by atoms with Crippen LogP contribution in [0.15, 0.2) is 24.3 Å². The number of hydrogen-bond acceptors (Lipinski definition) is 2. The van der Waals surface area contributed by atoms with Gasteiger partial charge < -0.3 is 11.1 Å². The van der Waals surface area contributed by atoms with Crippen molar-refractivity contribution >= 4 is 22.7 Å². The first kappa shape index (κ1) is 11.4. The lowest BCUT2D eigenvalue weighted by molar-refractivity contribution is 1.14. The van der Waals surface area contributed by atoms with E-state index in [4.69, 9.17) is 11.1 Å². The van der Waals surface area contributed by atoms with Crippen LogP contribution in [0.25, 0.3) is 10.9 Å². The number of rotatable bonds is 2. The molecule has 1 heterocycles. The van der Waals surface area contributed by atoms with Crippen LogP contribution in [0.2, 0.25) is 0 Å². The van der Waals surface area contributed by atoms with Gasteiger partial charge in [-0.25, -0.2) is 4.98 Å². The first-order valence-electron chi connectivity index (χ1n) is 5.61. The lowest BCUT2D eigenvalue weighted by Crippen LogP contribution is -2.21. The molecule has 4 N–H and O–H groups in total. The maximum Gasteiger partial charge on any atom is 0.191 e. The summed E-state index contributed by atoms with van der Waals surface area (Å²) in [5.41, 5.74) is 8.51. The van der Waals surface area contributed by atoms with Gasteiger partial charge in [0.25, 0.3) is 0 Å². The molecule has 0 fully saturated rings. The Labute approximate surface area is 100 Å². The minimum Gasteiger partial charge on any atom is -0.370 e. The van der Waals surface area contributed by atoms with E-state index in [1.165, 1.54) is 5.56 Å². The zero-order valence-corrected chi connectivity index (χ0v) is 10.0. The van der Waals surface area contributed by atoms with Gasteiger partial charge in [0.05, 0.1) is 5.52 Å². The summed E-state index contributed by atoms with van der Waals surface area (Å²) in [6.45, 7) is 4.09. The molecule has 17 heavy (non-hydrogen) atoms. The van der Waals surface area contributed by atoms with Crippen LogP contribution < -0.4 is 11.1 Å². The van der Waals surface area contributed by atoms with Gasteiger partial charge in [-0.1, -0.05) is 13.0 Å². The topological polar surface area (TPSA) is 74.8 Å². The number of anilines is 1. The van der Waals surface area contributed by atoms with Crippen LogP contribution in [-0.4, -0.2) is 10.9 Å². The minimum atomic E-state index is -0.0925. The summed E-state index contributed by atoms with van der Waals surface area (Å²) in [6, 6.07) is 8.28. The van der Waals surface area contributed by atoms with Crippen LogP contribution in [0.1, 0.15) is 18.1 Å². The first-order chi connectivity index (χ1) is 8.10. The number of fused-ring (bicyclic) bond motifs is 1. The number of aryl methyl sites for hydroxylation is 2. The Hall–Kier alpha value is -2.10. The van der Waals surface area contributed by atoms with Crippen molar-refractivity contribution in [2.75, 3.05) is 5.32 Å². The summed E-state index contributed by atoms with van der Waals surface area (Å²) in [5.74, 6) is 0.555. The van der Waals surface area contributed by atoms with Crippen LogP contribution in [0, 0.1) is 12.3 Å². The number of hydrogen-bond donors (Lipinski definition) is 3. The number of nitrogens with one attached hydrogen (secondary N) is 2. The minimum absolute atomic E-state index is 0.0925. The van der Waals surface area contributed by atoms with Crippen LogP contribution in [0.4, 0.5) is 5.82 Å². The molecule has 0 spiro atoms. The van der Waals surface area contributed by atoms with Gasteiger partial charge in [-0.05, 0) is 42.7 Å². The third-order valence-corrected chi connectivity index (χ3v) is 2.73. The number of pyridine rings is 1. The second-order valence-corrected chi connectivity index (χ2v) is 4.07. The quantitative estimate of drug-likeness (QED) is 0.546. The van der Waals surface area contributed by atoms with Crippen molar-refractivity contribution in [1.29, 1.82) is 5.41 Å². The molecular weight excluding hydrogens is 212 g/mol. The molecule has 0 atom stereocenters. The van der Waals surface area contributed by atoms with Gasteiger partial charge in [-0.15, -0.1) is 0 Å². The molecule has 1 aromatic carbocycles. The van der Waals surface area contributed by atoms with Gasteiger partial charge in [0.15, 0.2) is 5.96 Å². The van der Waals surface area contributed by atoms with Crippen molar-refractivity contribution in [3.63, 3.8) is 0 Å². The third kappa shape index (κ3) is 2.36. The molecule has 0 aliphatic rings. The molecule has 0 saturated heterocycles. The summed E-state index contributed by atoms with van der Waals surface area (Å²) in [4.78, 5) is 4.46. The van der Waals surface area contributed by atoms with Crippen molar-refractivity contribution in [2.45, 2.75) is 20.3 Å². The van der Waals surface area contributed by atoms with Gasteiger partial charge in [0, 0.05) is 5.39 Å². The maximum atomic E-state index is 7.23. The summed E-state index contributed by atoms with van der Waals surface area (Å²) >= 11 is 0. The molecule has 2 rings (SSSR count). The summed E-state index contributed by atoms with van der Waals surface area (Å²) in [5, 5.41) is 11.1. The van der Waals surface area contributed by atoms with E-state index in [1.54, 1.807) is 0 Å². The smallest absolute Gasteiger partial charge is 0.191 e. The highest BCUT2D eigenvalue weighted by Crippen LogP contribution is 2.21. The van der Waals surface area contributed by atoms with Gasteiger partial charge in [0.2, 0.25) is 0 Å². The molecule has 4 nitrogen and oxygen atoms in total. The molecule has 0 amide bonds. The number of nitrogens with zero attached hydrogens (tertiary/aromatic N) is 1. The van der Waals surface area contributed by atoms with Gasteiger partial charge in [0.1, 0.15) is 5.82 Å². The highest BCUT2D eigenvalue weighted by molar-refractivity contribution is 5.91. The predicted octanol–water partition coefficient (Wildman–Crippen LogP) is 2.41.